The molecular weight excluding hydrogens is 1580 g/mol. The van der Waals surface area contributed by atoms with Gasteiger partial charge in [0.25, 0.3) is 0 Å². The third kappa shape index (κ3) is 16.4. The van der Waals surface area contributed by atoms with E-state index in [1.165, 1.54) is 40.9 Å². The number of benzene rings is 1. The minimum atomic E-state index is -2.36. The first-order valence-electron chi connectivity index (χ1n) is 40.9. The van der Waals surface area contributed by atoms with Gasteiger partial charge in [-0.25, -0.2) is 4.79 Å². The van der Waals surface area contributed by atoms with Gasteiger partial charge in [-0.15, -0.1) is 0 Å². The number of esters is 2. The van der Waals surface area contributed by atoms with Crippen molar-refractivity contribution in [1.29, 1.82) is 0 Å². The molecule has 0 spiro atoms. The molecule has 20 N–H and O–H groups in total. The van der Waals surface area contributed by atoms with Crippen LogP contribution >= 0.6 is 0 Å². The Hall–Kier alpha value is -4.37. The smallest absolute Gasteiger partial charge is 0.331 e. The molecule has 119 heavy (non-hydrogen) atoms. The van der Waals surface area contributed by atoms with E-state index < -0.39 is 316 Å². The highest BCUT2D eigenvalue weighted by atomic mass is 16.8. The van der Waals surface area contributed by atoms with Gasteiger partial charge in [0.1, 0.15) is 133 Å². The lowest BCUT2D eigenvalue weighted by atomic mass is 9.33. The number of hydrogen-bond acceptors (Lipinski definition) is 38. The molecule has 0 amide bonds. The number of fused-ring (bicyclic) bond motifs is 7. The topological polar surface area (TPSA) is 603 Å². The van der Waals surface area contributed by atoms with Crippen molar-refractivity contribution in [2.45, 2.75) is 322 Å². The molecule has 12 aliphatic rings. The highest BCUT2D eigenvalue weighted by molar-refractivity contribution is 5.87. The highest BCUT2D eigenvalue weighted by Crippen LogP contribution is 2.76. The number of carboxylic acids is 1. The van der Waals surface area contributed by atoms with E-state index in [-0.39, 0.29) is 38.5 Å². The van der Waals surface area contributed by atoms with Crippen molar-refractivity contribution in [3.63, 3.8) is 0 Å². The van der Waals surface area contributed by atoms with Gasteiger partial charge in [0.05, 0.1) is 82.0 Å². The van der Waals surface area contributed by atoms with E-state index in [1.807, 2.05) is 26.8 Å². The maximum Gasteiger partial charge on any atom is 0.331 e. The minimum Gasteiger partial charge on any atom is -0.497 e. The van der Waals surface area contributed by atoms with E-state index in [1.54, 1.807) is 24.3 Å². The predicted octanol–water partition coefficient (Wildman–Crippen LogP) is -4.92. The van der Waals surface area contributed by atoms with Crippen LogP contribution in [0.2, 0.25) is 0 Å². The first-order valence-corrected chi connectivity index (χ1v) is 40.9. The summed E-state index contributed by atoms with van der Waals surface area (Å²) in [5.74, 6) is -4.72. The molecule has 674 valence electrons. The Bertz CT molecular complexity index is 3720. The number of aliphatic carboxylic acids is 1. The van der Waals surface area contributed by atoms with Crippen molar-refractivity contribution in [3.8, 4) is 5.75 Å². The average molecular weight is 1710 g/mol. The average Bonchev–Trinajstić information content (AvgIpc) is 0.754. The van der Waals surface area contributed by atoms with Gasteiger partial charge in [-0.05, 0) is 143 Å². The lowest BCUT2D eigenvalue weighted by molar-refractivity contribution is -0.398. The summed E-state index contributed by atoms with van der Waals surface area (Å²) in [4.78, 5) is 45.2. The second kappa shape index (κ2) is 35.5. The quantitative estimate of drug-likeness (QED) is 0.0211. The van der Waals surface area contributed by atoms with Crippen molar-refractivity contribution < 1.29 is 192 Å². The summed E-state index contributed by atoms with van der Waals surface area (Å²) in [5, 5.41) is 224. The van der Waals surface area contributed by atoms with E-state index in [2.05, 4.69) is 6.92 Å². The highest BCUT2D eigenvalue weighted by Gasteiger charge is 2.74. The third-order valence-electron chi connectivity index (χ3n) is 28.8. The summed E-state index contributed by atoms with van der Waals surface area (Å²) < 4.78 is 98.7. The van der Waals surface area contributed by atoms with Crippen LogP contribution in [0.5, 0.6) is 5.75 Å². The van der Waals surface area contributed by atoms with Crippen LogP contribution in [0.25, 0.3) is 6.08 Å². The Morgan fingerprint density at radius 3 is 1.68 bits per heavy atom. The molecule has 0 bridgehead atoms. The van der Waals surface area contributed by atoms with Crippen LogP contribution in [0, 0.1) is 50.2 Å². The Labute approximate surface area is 685 Å². The number of allylic oxidation sites excluding steroid dienone is 1. The van der Waals surface area contributed by atoms with Crippen molar-refractivity contribution in [2.24, 2.45) is 50.2 Å². The molecule has 1 aromatic carbocycles. The summed E-state index contributed by atoms with van der Waals surface area (Å²) >= 11 is 0. The first-order chi connectivity index (χ1) is 56.1. The molecule has 39 heteroatoms. The summed E-state index contributed by atoms with van der Waals surface area (Å²) in [5.41, 5.74) is -8.10. The molecule has 5 aliphatic carbocycles. The van der Waals surface area contributed by atoms with Gasteiger partial charge in [-0.2, -0.15) is 0 Å². The number of carbonyl (C=O) groups is 3. The zero-order chi connectivity index (χ0) is 86.6. The Balaban J connectivity index is 0.850. The van der Waals surface area contributed by atoms with Crippen LogP contribution in [0.1, 0.15) is 119 Å². The number of ether oxygens (including phenoxy) is 16. The van der Waals surface area contributed by atoms with Crippen LogP contribution in [0.15, 0.2) is 42.0 Å². The number of methoxy groups -OCH3 is 1. The van der Waals surface area contributed by atoms with Gasteiger partial charge >= 0.3 is 17.9 Å². The van der Waals surface area contributed by atoms with Gasteiger partial charge in [-0.1, -0.05) is 51.5 Å². The number of aliphatic hydroxyl groups is 19. The molecule has 39 nitrogen and oxygen atoms in total. The van der Waals surface area contributed by atoms with E-state index in [9.17, 15) is 112 Å². The van der Waals surface area contributed by atoms with Crippen LogP contribution in [0.3, 0.4) is 0 Å². The Morgan fingerprint density at radius 2 is 1.08 bits per heavy atom. The van der Waals surface area contributed by atoms with Gasteiger partial charge < -0.3 is 178 Å². The molecule has 0 unspecified atom stereocenters. The van der Waals surface area contributed by atoms with Gasteiger partial charge in [0.2, 0.25) is 6.29 Å². The van der Waals surface area contributed by atoms with E-state index in [0.29, 0.717) is 30.6 Å². The Kier molecular flexibility index (Phi) is 27.5. The van der Waals surface area contributed by atoms with Gasteiger partial charge in [-0.3, -0.25) is 9.59 Å². The van der Waals surface area contributed by atoms with Crippen LogP contribution < -0.4 is 4.74 Å². The molecule has 0 aromatic heterocycles. The first kappa shape index (κ1) is 92.3. The SMILES string of the molecule is COc1ccc(/C=C\C(=O)O[C@@H]2[C@@H](O[C@@H]3O[C@@H](C)[C@H](O)[C@@H](O)[C@@H]3O)[C@H](O[C@H]3O[C@@H](C)[C@H](O[C@@H]4OC[C@H](O[C@H]5O[C@H](CO)[C@H](O)[C@@H](O)[C@H]5O)[C@@H](O)[C@H]4O)[C@@H](O[C@@H]4OC[C@](O)(CO)[C@H]4O)[C@H]3O)[C@H](OC(=O)[C@]34CCC(C)(C)C[C@H]3C3=CC[C@@H]5[C@@]6(C)C[C@H](O)[C@@H](O[C@@H]7O[C@@H](CO)[C@@H](O)[C@H](O)[C@H]7O)[C@@](C)(C(=O)O)[C@@H]6CC[C@@]5(C)[C@]3(CO)CC4)O[C@H]2C)cc1. The molecule has 42 atom stereocenters. The lowest BCUT2D eigenvalue weighted by Crippen LogP contribution is -2.71. The number of rotatable bonds is 23. The van der Waals surface area contributed by atoms with E-state index in [0.717, 1.165) is 11.6 Å². The second-order valence-corrected chi connectivity index (χ2v) is 36.2. The molecule has 7 saturated heterocycles. The lowest BCUT2D eigenvalue weighted by Gasteiger charge is -2.71. The van der Waals surface area contributed by atoms with Gasteiger partial charge in [0, 0.05) is 11.5 Å². The normalized spacial score (nSPS) is 50.5. The molecule has 0 radical (unpaired) electrons. The molecule has 7 heterocycles. The fraction of sp³-hybridized carbons (Fsp3) is 0.838. The van der Waals surface area contributed by atoms with Crippen LogP contribution in [0.4, 0.5) is 0 Å². The number of hydrogen-bond donors (Lipinski definition) is 20. The van der Waals surface area contributed by atoms with Crippen molar-refractivity contribution in [2.75, 3.05) is 46.8 Å². The van der Waals surface area contributed by atoms with Gasteiger partial charge in [0.15, 0.2) is 49.9 Å². The second-order valence-electron chi connectivity index (χ2n) is 36.2. The molecule has 1 aromatic rings. The summed E-state index contributed by atoms with van der Waals surface area (Å²) in [6.07, 6.45) is -54.0. The van der Waals surface area contributed by atoms with Crippen LogP contribution in [-0.4, -0.2) is 375 Å². The number of aliphatic hydroxyl groups excluding tert-OH is 18. The predicted molar refractivity (Wildman–Crippen MR) is 395 cm³/mol. The van der Waals surface area contributed by atoms with Crippen molar-refractivity contribution in [1.82, 2.24) is 0 Å². The maximum absolute atomic E-state index is 16.6. The minimum absolute atomic E-state index is 0.0390. The number of carboxylic acid groups (broad SMARTS) is 1. The molecule has 13 rings (SSSR count). The van der Waals surface area contributed by atoms with E-state index in [4.69, 9.17) is 75.8 Å². The summed E-state index contributed by atoms with van der Waals surface area (Å²) in [7, 11) is 1.47. The van der Waals surface area contributed by atoms with Crippen LogP contribution in [-0.2, 0) is 85.4 Å². The monoisotopic (exact) mass is 1700 g/mol. The maximum atomic E-state index is 16.6. The molecular formula is C80H120O39. The molecule has 11 fully saturated rings. The van der Waals surface area contributed by atoms with Crippen molar-refractivity contribution in [3.05, 3.63) is 47.6 Å². The zero-order valence-corrected chi connectivity index (χ0v) is 67.6. The van der Waals surface area contributed by atoms with Crippen molar-refractivity contribution >= 4 is 24.0 Å². The fourth-order valence-electron chi connectivity index (χ4n) is 21.6. The largest absolute Gasteiger partial charge is 0.497 e. The standard InChI is InChI=1S/C80H120O39/c1-32-46(87)50(91)54(95)66(107-32)116-61-59(113-45(86)17-12-35-10-13-36(104-9)14-11-35)34(3)109-70(62(61)117-69-57(98)60(115-71-63(99)80(103,30-84)31-106-71)58(33(2)108-69)114-65-53(94)49(90)42(28-105-65)112-67-55(96)51(92)47(88)40(26-81)110-67)119-73(102)78-21-20-74(4,5)24-38(78)37-15-16-43-75(6)25-39(85)64(118-68-56(97)52(93)48(89)41(27-82)111-68)77(8,72(100)101)44(75)18-19-76(43,7)79(37,29-83)23-22-78/h10-15,17,32-34,38-44,46-71,81-85,87-99,103H,16,18-31H2,1-9H3,(H,100,101)/b17-12-/t32-,33-,34-,38-,39-,40+,41-,42-,43+,44+,46-,47-,48+,49+,50+,51+,52-,53+,54-,55+,56+,57+,58-,59-,60-,61+,62-,63-,64+,65-,66-,67+,68-,69+,70-,71-,75+,76+,77-,78-,79-,80+/m0/s1. The zero-order valence-electron chi connectivity index (χ0n) is 67.6. The summed E-state index contributed by atoms with van der Waals surface area (Å²) in [6.45, 7) is 9.10. The Morgan fingerprint density at radius 1 is 0.521 bits per heavy atom. The summed E-state index contributed by atoms with van der Waals surface area (Å²) in [6, 6.07) is 6.56. The molecule has 7 aliphatic heterocycles. The fourth-order valence-corrected chi connectivity index (χ4v) is 21.6. The molecule has 4 saturated carbocycles. The van der Waals surface area contributed by atoms with E-state index >= 15 is 4.79 Å². The third-order valence-corrected chi connectivity index (χ3v) is 28.8. The number of carbonyl (C=O) groups excluding carboxylic acids is 2.